The molecule has 1 saturated heterocycles. The van der Waals surface area contributed by atoms with Crippen LogP contribution in [0.15, 0.2) is 54.6 Å². The van der Waals surface area contributed by atoms with Gasteiger partial charge in [0.25, 0.3) is 5.91 Å². The van der Waals surface area contributed by atoms with Crippen molar-refractivity contribution in [2.24, 2.45) is 0 Å². The summed E-state index contributed by atoms with van der Waals surface area (Å²) in [4.78, 5) is 14.9. The zero-order valence-electron chi connectivity index (χ0n) is 14.8. The van der Waals surface area contributed by atoms with Crippen molar-refractivity contribution in [3.8, 4) is 5.75 Å². The number of carbonyl (C=O) groups is 1. The molecule has 1 fully saturated rings. The summed E-state index contributed by atoms with van der Waals surface area (Å²) in [6.45, 7) is 0.784. The molecule has 1 amide bonds. The van der Waals surface area contributed by atoms with E-state index >= 15 is 0 Å². The number of carbonyl (C=O) groups excluding carboxylic acids is 1. The molecule has 27 heavy (non-hydrogen) atoms. The number of hydrogen-bond donors (Lipinski definition) is 1. The first-order valence-corrected chi connectivity index (χ1v) is 8.82. The average Bonchev–Trinajstić information content (AvgIpc) is 2.69. The molecule has 7 heteroatoms. The molecule has 0 bridgehead atoms. The molecule has 1 heterocycles. The molecule has 0 aromatic heterocycles. The van der Waals surface area contributed by atoms with E-state index in [9.17, 15) is 13.6 Å². The highest BCUT2D eigenvalue weighted by Crippen LogP contribution is 2.18. The van der Waals surface area contributed by atoms with Gasteiger partial charge in [0, 0.05) is 25.2 Å². The summed E-state index contributed by atoms with van der Waals surface area (Å²) in [6, 6.07) is 15.2. The number of nitrogens with one attached hydrogen (secondary N) is 1. The predicted molar refractivity (Wildman–Crippen MR) is 97.0 cm³/mol. The van der Waals surface area contributed by atoms with Crippen LogP contribution in [0.4, 0.5) is 8.78 Å². The van der Waals surface area contributed by atoms with Gasteiger partial charge in [-0.25, -0.2) is 0 Å². The van der Waals surface area contributed by atoms with Crippen LogP contribution < -0.4 is 10.1 Å². The number of benzene rings is 2. The molecule has 1 N–H and O–H groups in total. The van der Waals surface area contributed by atoms with Crippen LogP contribution in [-0.4, -0.2) is 50.3 Å². The Labute approximate surface area is 156 Å². The maximum absolute atomic E-state index is 12.7. The summed E-state index contributed by atoms with van der Waals surface area (Å²) in [7, 11) is 0. The van der Waals surface area contributed by atoms with Gasteiger partial charge in [-0.1, -0.05) is 30.3 Å². The lowest BCUT2D eigenvalue weighted by Gasteiger charge is -2.31. The number of alkyl halides is 2. The Morgan fingerprint density at radius 3 is 2.37 bits per heavy atom. The molecule has 0 radical (unpaired) electrons. The van der Waals surface area contributed by atoms with Crippen LogP contribution in [0.1, 0.15) is 22.0 Å². The lowest BCUT2D eigenvalue weighted by atomic mass is 10.1. The summed E-state index contributed by atoms with van der Waals surface area (Å²) < 4.78 is 34.2. The average molecular weight is 376 g/mol. The van der Waals surface area contributed by atoms with E-state index in [1.807, 2.05) is 30.3 Å². The molecular formula is C20H22F2N2O3. The van der Waals surface area contributed by atoms with Crippen LogP contribution in [-0.2, 0) is 4.74 Å². The number of hydrogen-bond acceptors (Lipinski definition) is 4. The third-order valence-electron chi connectivity index (χ3n) is 4.39. The molecular weight excluding hydrogens is 354 g/mol. The lowest BCUT2D eigenvalue weighted by molar-refractivity contribution is -0.0498. The van der Waals surface area contributed by atoms with E-state index in [0.29, 0.717) is 25.3 Å². The van der Waals surface area contributed by atoms with Crippen molar-refractivity contribution in [3.05, 3.63) is 65.7 Å². The standard InChI is InChI=1S/C20H22F2N2O3/c21-20(22)27-17-8-6-16(7-9-17)19(25)23-18(15-4-2-1-3-5-15)14-24-10-12-26-13-11-24/h1-9,18,20H,10-14H2,(H,23,25)/t18-/m0/s1. The highest BCUT2D eigenvalue weighted by Gasteiger charge is 2.20. The van der Waals surface area contributed by atoms with Gasteiger partial charge in [-0.15, -0.1) is 0 Å². The number of nitrogens with zero attached hydrogens (tertiary/aromatic N) is 1. The van der Waals surface area contributed by atoms with Crippen LogP contribution in [0.3, 0.4) is 0 Å². The second-order valence-corrected chi connectivity index (χ2v) is 6.25. The molecule has 3 rings (SSSR count). The van der Waals surface area contributed by atoms with Crippen molar-refractivity contribution in [1.82, 2.24) is 10.2 Å². The summed E-state index contributed by atoms with van der Waals surface area (Å²) in [5.74, 6) is -0.241. The Morgan fingerprint density at radius 1 is 1.07 bits per heavy atom. The highest BCUT2D eigenvalue weighted by molar-refractivity contribution is 5.94. The van der Waals surface area contributed by atoms with E-state index in [-0.39, 0.29) is 17.7 Å². The van der Waals surface area contributed by atoms with E-state index in [4.69, 9.17) is 4.74 Å². The van der Waals surface area contributed by atoms with Gasteiger partial charge in [0.1, 0.15) is 5.75 Å². The SMILES string of the molecule is O=C(N[C@@H](CN1CCOCC1)c1ccccc1)c1ccc(OC(F)F)cc1. The zero-order valence-corrected chi connectivity index (χ0v) is 14.8. The topological polar surface area (TPSA) is 50.8 Å². The fourth-order valence-electron chi connectivity index (χ4n) is 2.99. The van der Waals surface area contributed by atoms with Gasteiger partial charge in [-0.05, 0) is 29.8 Å². The number of morpholine rings is 1. The molecule has 0 aliphatic carbocycles. The normalized spacial score (nSPS) is 16.1. The second kappa shape index (κ2) is 9.43. The van der Waals surface area contributed by atoms with Crippen LogP contribution in [0.25, 0.3) is 0 Å². The minimum absolute atomic E-state index is 0.0227. The van der Waals surface area contributed by atoms with Gasteiger partial charge < -0.3 is 14.8 Å². The van der Waals surface area contributed by atoms with E-state index in [1.165, 1.54) is 24.3 Å². The van der Waals surface area contributed by atoms with Gasteiger partial charge in [-0.3, -0.25) is 9.69 Å². The molecule has 2 aromatic rings. The maximum Gasteiger partial charge on any atom is 0.387 e. The van der Waals surface area contributed by atoms with Crippen molar-refractivity contribution in [1.29, 1.82) is 0 Å². The Bertz CT molecular complexity index is 720. The van der Waals surface area contributed by atoms with Gasteiger partial charge in [-0.2, -0.15) is 8.78 Å². The summed E-state index contributed by atoms with van der Waals surface area (Å²) in [5, 5.41) is 3.05. The fourth-order valence-corrected chi connectivity index (χ4v) is 2.99. The van der Waals surface area contributed by atoms with Crippen LogP contribution >= 0.6 is 0 Å². The summed E-state index contributed by atoms with van der Waals surface area (Å²) in [5.41, 5.74) is 1.40. The highest BCUT2D eigenvalue weighted by atomic mass is 19.3. The smallest absolute Gasteiger partial charge is 0.387 e. The van der Waals surface area contributed by atoms with Crippen LogP contribution in [0.5, 0.6) is 5.75 Å². The molecule has 144 valence electrons. The molecule has 0 saturated carbocycles. The molecule has 0 spiro atoms. The quantitative estimate of drug-likeness (QED) is 0.807. The van der Waals surface area contributed by atoms with Gasteiger partial charge in [0.2, 0.25) is 0 Å². The van der Waals surface area contributed by atoms with E-state index in [0.717, 1.165) is 18.7 Å². The molecule has 1 aliphatic heterocycles. The Balaban J connectivity index is 1.69. The first-order chi connectivity index (χ1) is 13.1. The van der Waals surface area contributed by atoms with E-state index in [2.05, 4.69) is 15.0 Å². The third kappa shape index (κ3) is 5.74. The van der Waals surface area contributed by atoms with Crippen LogP contribution in [0, 0.1) is 0 Å². The predicted octanol–water partition coefficient (Wildman–Crippen LogP) is 3.09. The van der Waals surface area contributed by atoms with Crippen molar-refractivity contribution in [2.45, 2.75) is 12.7 Å². The lowest BCUT2D eigenvalue weighted by Crippen LogP contribution is -2.43. The van der Waals surface area contributed by atoms with Gasteiger partial charge >= 0.3 is 6.61 Å². The number of halogens is 2. The molecule has 2 aromatic carbocycles. The van der Waals surface area contributed by atoms with Crippen molar-refractivity contribution < 1.29 is 23.0 Å². The number of rotatable bonds is 7. The summed E-state index contributed by atoms with van der Waals surface area (Å²) in [6.07, 6.45) is 0. The monoisotopic (exact) mass is 376 g/mol. The zero-order chi connectivity index (χ0) is 19.1. The first kappa shape index (κ1) is 19.3. The van der Waals surface area contributed by atoms with Gasteiger partial charge in [0.15, 0.2) is 0 Å². The van der Waals surface area contributed by atoms with Crippen molar-refractivity contribution in [3.63, 3.8) is 0 Å². The van der Waals surface area contributed by atoms with Crippen molar-refractivity contribution in [2.75, 3.05) is 32.8 Å². The molecule has 5 nitrogen and oxygen atoms in total. The molecule has 1 aliphatic rings. The molecule has 0 unspecified atom stereocenters. The molecule has 1 atom stereocenters. The minimum Gasteiger partial charge on any atom is -0.435 e. The van der Waals surface area contributed by atoms with E-state index < -0.39 is 6.61 Å². The third-order valence-corrected chi connectivity index (χ3v) is 4.39. The van der Waals surface area contributed by atoms with Gasteiger partial charge in [0.05, 0.1) is 19.3 Å². The largest absolute Gasteiger partial charge is 0.435 e. The number of amides is 1. The Kier molecular flexibility index (Phi) is 6.73. The van der Waals surface area contributed by atoms with Crippen molar-refractivity contribution >= 4 is 5.91 Å². The Morgan fingerprint density at radius 2 is 1.74 bits per heavy atom. The Hall–Kier alpha value is -2.51. The summed E-state index contributed by atoms with van der Waals surface area (Å²) >= 11 is 0. The second-order valence-electron chi connectivity index (χ2n) is 6.25. The van der Waals surface area contributed by atoms with E-state index in [1.54, 1.807) is 0 Å². The number of ether oxygens (including phenoxy) is 2. The van der Waals surface area contributed by atoms with Crippen LogP contribution in [0.2, 0.25) is 0 Å². The first-order valence-electron chi connectivity index (χ1n) is 8.82. The minimum atomic E-state index is -2.89. The maximum atomic E-state index is 12.7. The fraction of sp³-hybridized carbons (Fsp3) is 0.350.